The molecule has 140 valence electrons. The van der Waals surface area contributed by atoms with E-state index in [2.05, 4.69) is 33.4 Å². The van der Waals surface area contributed by atoms with Gasteiger partial charge >= 0.3 is 0 Å². The molecule has 1 aliphatic rings. The number of aromatic nitrogens is 4. The van der Waals surface area contributed by atoms with Gasteiger partial charge < -0.3 is 10.1 Å². The van der Waals surface area contributed by atoms with Crippen molar-refractivity contribution < 1.29 is 4.74 Å². The molecule has 4 heterocycles. The molecule has 1 aliphatic heterocycles. The molecule has 7 heteroatoms. The molecule has 1 fully saturated rings. The smallest absolute Gasteiger partial charge is 0.131 e. The van der Waals surface area contributed by atoms with E-state index in [4.69, 9.17) is 9.72 Å². The van der Waals surface area contributed by atoms with Crippen molar-refractivity contribution in [1.82, 2.24) is 24.6 Å². The van der Waals surface area contributed by atoms with Gasteiger partial charge in [-0.05, 0) is 31.2 Å². The first-order valence-corrected chi connectivity index (χ1v) is 9.30. The summed E-state index contributed by atoms with van der Waals surface area (Å²) < 4.78 is 7.96. The van der Waals surface area contributed by atoms with E-state index in [0.29, 0.717) is 6.61 Å². The third kappa shape index (κ3) is 4.50. The van der Waals surface area contributed by atoms with Crippen LogP contribution in [0, 0.1) is 0 Å². The van der Waals surface area contributed by atoms with E-state index in [9.17, 15) is 0 Å². The molecule has 0 saturated carbocycles. The summed E-state index contributed by atoms with van der Waals surface area (Å²) >= 11 is 0. The van der Waals surface area contributed by atoms with Crippen LogP contribution in [0.2, 0.25) is 0 Å². The minimum absolute atomic E-state index is 0.0366. The van der Waals surface area contributed by atoms with E-state index >= 15 is 0 Å². The standard InChI is InChI=1S/C20H24N6O/c1-2-26-14-16(12-22-26)13-25-10-11-27-18(15-25)17-6-5-8-20(23-17)24-19-7-3-4-9-21-19/h3-9,12,14,18H,2,10-11,13,15H2,1H3,(H,21,23,24)/t18-/m0/s1. The Morgan fingerprint density at radius 2 is 2.11 bits per heavy atom. The lowest BCUT2D eigenvalue weighted by Gasteiger charge is -2.32. The van der Waals surface area contributed by atoms with Crippen LogP contribution in [0.25, 0.3) is 0 Å². The van der Waals surface area contributed by atoms with Crippen LogP contribution < -0.4 is 5.32 Å². The Bertz CT molecular complexity index is 866. The summed E-state index contributed by atoms with van der Waals surface area (Å²) in [5.41, 5.74) is 2.17. The largest absolute Gasteiger partial charge is 0.369 e. The maximum absolute atomic E-state index is 6.00. The minimum Gasteiger partial charge on any atom is -0.369 e. The van der Waals surface area contributed by atoms with Crippen molar-refractivity contribution in [3.05, 3.63) is 66.2 Å². The molecule has 4 rings (SSSR count). The molecule has 1 N–H and O–H groups in total. The molecule has 0 aromatic carbocycles. The highest BCUT2D eigenvalue weighted by Crippen LogP contribution is 2.23. The highest BCUT2D eigenvalue weighted by molar-refractivity contribution is 5.51. The van der Waals surface area contributed by atoms with E-state index < -0.39 is 0 Å². The summed E-state index contributed by atoms with van der Waals surface area (Å²) in [5.74, 6) is 1.55. The van der Waals surface area contributed by atoms with Crippen molar-refractivity contribution in [2.75, 3.05) is 25.0 Å². The van der Waals surface area contributed by atoms with Crippen molar-refractivity contribution in [3.63, 3.8) is 0 Å². The molecule has 0 amide bonds. The lowest BCUT2D eigenvalue weighted by molar-refractivity contribution is -0.0349. The zero-order valence-electron chi connectivity index (χ0n) is 15.5. The molecule has 0 spiro atoms. The maximum Gasteiger partial charge on any atom is 0.131 e. The third-order valence-corrected chi connectivity index (χ3v) is 4.59. The number of nitrogens with zero attached hydrogens (tertiary/aromatic N) is 5. The van der Waals surface area contributed by atoms with Crippen molar-refractivity contribution >= 4 is 11.6 Å². The van der Waals surface area contributed by atoms with Gasteiger partial charge in [-0.3, -0.25) is 9.58 Å². The number of rotatable bonds is 6. The van der Waals surface area contributed by atoms with Crippen LogP contribution in [0.3, 0.4) is 0 Å². The summed E-state index contributed by atoms with van der Waals surface area (Å²) in [4.78, 5) is 11.4. The highest BCUT2D eigenvalue weighted by Gasteiger charge is 2.23. The van der Waals surface area contributed by atoms with E-state index in [0.717, 1.165) is 43.5 Å². The molecule has 0 radical (unpaired) electrons. The summed E-state index contributed by atoms with van der Waals surface area (Å²) in [6.45, 7) is 6.31. The number of hydrogen-bond donors (Lipinski definition) is 1. The molecule has 0 bridgehead atoms. The number of morpholine rings is 1. The fraction of sp³-hybridized carbons (Fsp3) is 0.350. The molecule has 1 saturated heterocycles. The molecule has 1 atom stereocenters. The van der Waals surface area contributed by atoms with Crippen LogP contribution in [0.5, 0.6) is 0 Å². The lowest BCUT2D eigenvalue weighted by atomic mass is 10.1. The molecule has 0 unspecified atom stereocenters. The highest BCUT2D eigenvalue weighted by atomic mass is 16.5. The van der Waals surface area contributed by atoms with Gasteiger partial charge in [-0.15, -0.1) is 0 Å². The average molecular weight is 364 g/mol. The third-order valence-electron chi connectivity index (χ3n) is 4.59. The fourth-order valence-corrected chi connectivity index (χ4v) is 3.21. The van der Waals surface area contributed by atoms with E-state index in [1.807, 2.05) is 47.3 Å². The van der Waals surface area contributed by atoms with Gasteiger partial charge in [0.25, 0.3) is 0 Å². The number of pyridine rings is 2. The molecule has 27 heavy (non-hydrogen) atoms. The first-order chi connectivity index (χ1) is 13.3. The van der Waals surface area contributed by atoms with Crippen molar-refractivity contribution in [2.24, 2.45) is 0 Å². The monoisotopic (exact) mass is 364 g/mol. The summed E-state index contributed by atoms with van der Waals surface area (Å²) in [7, 11) is 0. The van der Waals surface area contributed by atoms with E-state index in [1.54, 1.807) is 6.20 Å². The van der Waals surface area contributed by atoms with Gasteiger partial charge in [0.15, 0.2) is 0 Å². The summed E-state index contributed by atoms with van der Waals surface area (Å²) in [5, 5.41) is 7.60. The minimum atomic E-state index is -0.0366. The Kier molecular flexibility index (Phi) is 5.41. The molecule has 3 aromatic rings. The van der Waals surface area contributed by atoms with Gasteiger partial charge in [-0.2, -0.15) is 5.10 Å². The molecular formula is C20H24N6O. The summed E-state index contributed by atoms with van der Waals surface area (Å²) in [6.07, 6.45) is 5.78. The fourth-order valence-electron chi connectivity index (χ4n) is 3.21. The van der Waals surface area contributed by atoms with Crippen LogP contribution in [0.1, 0.15) is 24.3 Å². The molecule has 7 nitrogen and oxygen atoms in total. The normalized spacial score (nSPS) is 17.7. The van der Waals surface area contributed by atoms with Gasteiger partial charge in [0.05, 0.1) is 18.5 Å². The van der Waals surface area contributed by atoms with Gasteiger partial charge in [-0.1, -0.05) is 12.1 Å². The van der Waals surface area contributed by atoms with Crippen molar-refractivity contribution in [3.8, 4) is 0 Å². The first-order valence-electron chi connectivity index (χ1n) is 9.30. The number of nitrogens with one attached hydrogen (secondary N) is 1. The average Bonchev–Trinajstić information content (AvgIpc) is 3.17. The van der Waals surface area contributed by atoms with Crippen molar-refractivity contribution in [2.45, 2.75) is 26.1 Å². The quantitative estimate of drug-likeness (QED) is 0.725. The topological polar surface area (TPSA) is 68.1 Å². The Hall–Kier alpha value is -2.77. The number of ether oxygens (including phenoxy) is 1. The lowest BCUT2D eigenvalue weighted by Crippen LogP contribution is -2.38. The Labute approximate surface area is 159 Å². The summed E-state index contributed by atoms with van der Waals surface area (Å²) in [6, 6.07) is 11.7. The van der Waals surface area contributed by atoms with Crippen LogP contribution in [-0.4, -0.2) is 44.3 Å². The predicted octanol–water partition coefficient (Wildman–Crippen LogP) is 3.01. The van der Waals surface area contributed by atoms with Gasteiger partial charge in [0.2, 0.25) is 0 Å². The second-order valence-electron chi connectivity index (χ2n) is 6.59. The van der Waals surface area contributed by atoms with Gasteiger partial charge in [0, 0.05) is 44.1 Å². The van der Waals surface area contributed by atoms with Crippen LogP contribution in [-0.2, 0) is 17.8 Å². The van der Waals surface area contributed by atoms with Gasteiger partial charge in [0.1, 0.15) is 17.7 Å². The zero-order chi connectivity index (χ0) is 18.5. The number of hydrogen-bond acceptors (Lipinski definition) is 6. The van der Waals surface area contributed by atoms with Crippen LogP contribution in [0.15, 0.2) is 55.0 Å². The Morgan fingerprint density at radius 3 is 2.93 bits per heavy atom. The molecular weight excluding hydrogens is 340 g/mol. The van der Waals surface area contributed by atoms with Crippen LogP contribution in [0.4, 0.5) is 11.6 Å². The zero-order valence-corrected chi connectivity index (χ0v) is 15.5. The van der Waals surface area contributed by atoms with Crippen LogP contribution >= 0.6 is 0 Å². The Morgan fingerprint density at radius 1 is 1.19 bits per heavy atom. The number of aryl methyl sites for hydroxylation is 1. The van der Waals surface area contributed by atoms with E-state index in [1.165, 1.54) is 5.56 Å². The predicted molar refractivity (Wildman–Crippen MR) is 104 cm³/mol. The maximum atomic E-state index is 6.00. The first kappa shape index (κ1) is 17.6. The molecule has 3 aromatic heterocycles. The van der Waals surface area contributed by atoms with E-state index in [-0.39, 0.29) is 6.10 Å². The second-order valence-corrected chi connectivity index (χ2v) is 6.59. The number of anilines is 2. The Balaban J connectivity index is 1.42. The van der Waals surface area contributed by atoms with Gasteiger partial charge in [-0.25, -0.2) is 9.97 Å². The van der Waals surface area contributed by atoms with Crippen molar-refractivity contribution in [1.29, 1.82) is 0 Å². The second kappa shape index (κ2) is 8.28. The molecule has 0 aliphatic carbocycles. The SMILES string of the molecule is CCn1cc(CN2CCO[C@H](c3cccc(Nc4ccccn4)n3)C2)cn1.